The zero-order valence-corrected chi connectivity index (χ0v) is 12.5. The molecular weight excluding hydrogens is 252 g/mol. The molecule has 96 valence electrons. The lowest BCUT2D eigenvalue weighted by atomic mass is 10.1. The minimum atomic E-state index is -2.46. The first-order chi connectivity index (χ1) is 8.21. The number of rotatable bonds is 7. The van der Waals surface area contributed by atoms with E-state index in [-0.39, 0.29) is 0 Å². The molecule has 0 saturated carbocycles. The Balaban J connectivity index is 2.71. The average molecular weight is 272 g/mol. The molecule has 0 spiro atoms. The van der Waals surface area contributed by atoms with Crippen LogP contribution < -0.4 is 0 Å². The smallest absolute Gasteiger partial charge is 0.377 e. The SMILES string of the molecule is CO[Si](CCc1ccccc1CS)(OC)OC. The standard InChI is InChI=1S/C12H20O3SSi/c1-13-17(14-2,15-3)9-8-11-6-4-5-7-12(11)10-16/h4-7,16H,8-10H2,1-3H3. The molecule has 1 aromatic carbocycles. The molecule has 0 heterocycles. The first-order valence-electron chi connectivity index (χ1n) is 5.54. The molecule has 0 fully saturated rings. The fraction of sp³-hybridized carbons (Fsp3) is 0.500. The van der Waals surface area contributed by atoms with Crippen molar-refractivity contribution in [2.45, 2.75) is 18.2 Å². The summed E-state index contributed by atoms with van der Waals surface area (Å²) in [5, 5.41) is 0. The second-order valence-corrected chi connectivity index (χ2v) is 7.13. The van der Waals surface area contributed by atoms with Gasteiger partial charge in [-0.2, -0.15) is 12.6 Å². The summed E-state index contributed by atoms with van der Waals surface area (Å²) in [5.74, 6) is 0.748. The van der Waals surface area contributed by atoms with Gasteiger partial charge in [0.25, 0.3) is 0 Å². The molecule has 0 amide bonds. The van der Waals surface area contributed by atoms with Gasteiger partial charge in [-0.25, -0.2) is 0 Å². The summed E-state index contributed by atoms with van der Waals surface area (Å²) >= 11 is 4.33. The van der Waals surface area contributed by atoms with Crippen molar-refractivity contribution in [1.29, 1.82) is 0 Å². The van der Waals surface area contributed by atoms with Crippen molar-refractivity contribution in [3.63, 3.8) is 0 Å². The maximum atomic E-state index is 5.41. The summed E-state index contributed by atoms with van der Waals surface area (Å²) < 4.78 is 16.2. The summed E-state index contributed by atoms with van der Waals surface area (Å²) in [5.41, 5.74) is 2.53. The summed E-state index contributed by atoms with van der Waals surface area (Å²) in [4.78, 5) is 0. The molecule has 0 unspecified atom stereocenters. The van der Waals surface area contributed by atoms with Gasteiger partial charge in [0.1, 0.15) is 0 Å². The maximum Gasteiger partial charge on any atom is 0.500 e. The van der Waals surface area contributed by atoms with Crippen LogP contribution in [0, 0.1) is 0 Å². The minimum Gasteiger partial charge on any atom is -0.377 e. The van der Waals surface area contributed by atoms with E-state index in [9.17, 15) is 0 Å². The highest BCUT2D eigenvalue weighted by Gasteiger charge is 2.37. The Morgan fingerprint density at radius 2 is 1.53 bits per heavy atom. The topological polar surface area (TPSA) is 27.7 Å². The molecule has 0 aliphatic carbocycles. The van der Waals surface area contributed by atoms with Crippen LogP contribution in [0.25, 0.3) is 0 Å². The van der Waals surface area contributed by atoms with Crippen molar-refractivity contribution in [2.24, 2.45) is 0 Å². The molecule has 0 aromatic heterocycles. The van der Waals surface area contributed by atoms with Crippen LogP contribution in [0.2, 0.25) is 6.04 Å². The molecule has 0 atom stereocenters. The van der Waals surface area contributed by atoms with Crippen molar-refractivity contribution in [1.82, 2.24) is 0 Å². The van der Waals surface area contributed by atoms with E-state index in [0.29, 0.717) is 0 Å². The number of aryl methyl sites for hydroxylation is 1. The second kappa shape index (κ2) is 7.18. The Kier molecular flexibility index (Phi) is 6.22. The third-order valence-corrected chi connectivity index (χ3v) is 5.99. The number of thiol groups is 1. The van der Waals surface area contributed by atoms with Gasteiger partial charge in [-0.15, -0.1) is 0 Å². The third-order valence-electron chi connectivity index (χ3n) is 2.92. The van der Waals surface area contributed by atoms with Crippen LogP contribution in [0.3, 0.4) is 0 Å². The van der Waals surface area contributed by atoms with Gasteiger partial charge in [0.2, 0.25) is 0 Å². The summed E-state index contributed by atoms with van der Waals surface area (Å²) in [7, 11) is 2.47. The first kappa shape index (κ1) is 14.7. The zero-order valence-electron chi connectivity index (χ0n) is 10.6. The lowest BCUT2D eigenvalue weighted by Crippen LogP contribution is -2.43. The highest BCUT2D eigenvalue weighted by molar-refractivity contribution is 7.79. The van der Waals surface area contributed by atoms with Crippen LogP contribution in [-0.2, 0) is 25.5 Å². The van der Waals surface area contributed by atoms with Crippen LogP contribution in [0.5, 0.6) is 0 Å². The van der Waals surface area contributed by atoms with Gasteiger partial charge in [-0.3, -0.25) is 0 Å². The quantitative estimate of drug-likeness (QED) is 0.610. The molecular formula is C12H20O3SSi. The fourth-order valence-electron chi connectivity index (χ4n) is 1.80. The summed E-state index contributed by atoms with van der Waals surface area (Å²) in [6.07, 6.45) is 0.887. The number of hydrogen-bond donors (Lipinski definition) is 1. The Morgan fingerprint density at radius 3 is 2.00 bits per heavy atom. The van der Waals surface area contributed by atoms with Gasteiger partial charge in [-0.05, 0) is 17.5 Å². The molecule has 0 N–H and O–H groups in total. The van der Waals surface area contributed by atoms with E-state index in [2.05, 4.69) is 24.8 Å². The van der Waals surface area contributed by atoms with Crippen molar-refractivity contribution >= 4 is 21.4 Å². The Bertz CT molecular complexity index is 334. The highest BCUT2D eigenvalue weighted by atomic mass is 32.1. The maximum absolute atomic E-state index is 5.41. The van der Waals surface area contributed by atoms with Gasteiger partial charge in [0.05, 0.1) is 0 Å². The van der Waals surface area contributed by atoms with Crippen molar-refractivity contribution < 1.29 is 13.3 Å². The van der Waals surface area contributed by atoms with Gasteiger partial charge in [0, 0.05) is 33.1 Å². The molecule has 5 heteroatoms. The van der Waals surface area contributed by atoms with E-state index in [0.717, 1.165) is 18.2 Å². The molecule has 0 aliphatic heterocycles. The van der Waals surface area contributed by atoms with Crippen molar-refractivity contribution in [3.8, 4) is 0 Å². The average Bonchev–Trinajstić information content (AvgIpc) is 2.41. The van der Waals surface area contributed by atoms with E-state index in [1.165, 1.54) is 11.1 Å². The molecule has 0 bridgehead atoms. The van der Waals surface area contributed by atoms with Gasteiger partial charge in [-0.1, -0.05) is 24.3 Å². The predicted molar refractivity (Wildman–Crippen MR) is 74.4 cm³/mol. The van der Waals surface area contributed by atoms with Crippen LogP contribution in [0.4, 0.5) is 0 Å². The third kappa shape index (κ3) is 3.82. The minimum absolute atomic E-state index is 0.748. The zero-order chi connectivity index (χ0) is 12.7. The molecule has 3 nitrogen and oxygen atoms in total. The van der Waals surface area contributed by atoms with E-state index >= 15 is 0 Å². The number of benzene rings is 1. The molecule has 17 heavy (non-hydrogen) atoms. The van der Waals surface area contributed by atoms with E-state index in [1.807, 2.05) is 12.1 Å². The van der Waals surface area contributed by atoms with Gasteiger partial charge >= 0.3 is 8.80 Å². The van der Waals surface area contributed by atoms with Crippen molar-refractivity contribution in [2.75, 3.05) is 21.3 Å². The van der Waals surface area contributed by atoms with Crippen LogP contribution >= 0.6 is 12.6 Å². The van der Waals surface area contributed by atoms with Gasteiger partial charge < -0.3 is 13.3 Å². The molecule has 0 radical (unpaired) electrons. The fourth-order valence-corrected chi connectivity index (χ4v) is 3.80. The molecule has 1 aromatic rings. The number of hydrogen-bond acceptors (Lipinski definition) is 4. The lowest BCUT2D eigenvalue weighted by Gasteiger charge is -2.24. The molecule has 0 aliphatic rings. The van der Waals surface area contributed by atoms with E-state index in [4.69, 9.17) is 13.3 Å². The Morgan fingerprint density at radius 1 is 1.00 bits per heavy atom. The van der Waals surface area contributed by atoms with Crippen LogP contribution in [-0.4, -0.2) is 30.1 Å². The molecule has 1 rings (SSSR count). The Hall–Kier alpha value is -0.333. The highest BCUT2D eigenvalue weighted by Crippen LogP contribution is 2.19. The van der Waals surface area contributed by atoms with Crippen molar-refractivity contribution in [3.05, 3.63) is 35.4 Å². The summed E-state index contributed by atoms with van der Waals surface area (Å²) in [6, 6.07) is 9.06. The monoisotopic (exact) mass is 272 g/mol. The van der Waals surface area contributed by atoms with Crippen LogP contribution in [0.1, 0.15) is 11.1 Å². The predicted octanol–water partition coefficient (Wildman–Crippen LogP) is 2.54. The molecule has 0 saturated heterocycles. The summed E-state index contributed by atoms with van der Waals surface area (Å²) in [6.45, 7) is 0. The van der Waals surface area contributed by atoms with Crippen LogP contribution in [0.15, 0.2) is 24.3 Å². The second-order valence-electron chi connectivity index (χ2n) is 3.72. The van der Waals surface area contributed by atoms with E-state index < -0.39 is 8.80 Å². The normalized spacial score (nSPS) is 11.8. The van der Waals surface area contributed by atoms with E-state index in [1.54, 1.807) is 21.3 Å². The Labute approximate surface area is 110 Å². The van der Waals surface area contributed by atoms with Gasteiger partial charge in [0.15, 0.2) is 0 Å². The largest absolute Gasteiger partial charge is 0.500 e. The lowest BCUT2D eigenvalue weighted by molar-refractivity contribution is 0.123. The first-order valence-corrected chi connectivity index (χ1v) is 8.11.